The van der Waals surface area contributed by atoms with Gasteiger partial charge < -0.3 is 5.11 Å². The minimum atomic E-state index is -1.33. The van der Waals surface area contributed by atoms with Gasteiger partial charge in [0, 0.05) is 13.2 Å². The first-order chi connectivity index (χ1) is 7.02. The first-order valence-corrected chi connectivity index (χ1v) is 4.23. The van der Waals surface area contributed by atoms with Gasteiger partial charge in [-0.3, -0.25) is 4.68 Å². The van der Waals surface area contributed by atoms with Crippen LogP contribution in [-0.4, -0.2) is 25.8 Å². The Hall–Kier alpha value is -1.98. The van der Waals surface area contributed by atoms with Crippen LogP contribution in [0.25, 0.3) is 11.0 Å². The van der Waals surface area contributed by atoms with E-state index in [1.807, 2.05) is 0 Å². The summed E-state index contributed by atoms with van der Waals surface area (Å²) in [6.07, 6.45) is 1.00. The molecule has 0 saturated carbocycles. The largest absolute Gasteiger partial charge is 0.478 e. The van der Waals surface area contributed by atoms with Gasteiger partial charge in [-0.25, -0.2) is 14.2 Å². The summed E-state index contributed by atoms with van der Waals surface area (Å²) < 4.78 is 15.1. The third kappa shape index (κ3) is 1.25. The lowest BCUT2D eigenvalue weighted by molar-refractivity contribution is 0.0692. The zero-order chi connectivity index (χ0) is 11.2. The monoisotopic (exact) mass is 209 g/mol. The number of fused-ring (bicyclic) bond motifs is 1. The van der Waals surface area contributed by atoms with Gasteiger partial charge >= 0.3 is 5.97 Å². The topological polar surface area (TPSA) is 68.0 Å². The molecule has 0 aliphatic carbocycles. The SMILES string of the molecule is Cc1nn(C)c2ncc(C(=O)O)c(F)c12. The predicted molar refractivity (Wildman–Crippen MR) is 50.2 cm³/mol. The molecule has 78 valence electrons. The first-order valence-electron chi connectivity index (χ1n) is 4.23. The van der Waals surface area contributed by atoms with Crippen LogP contribution in [0.1, 0.15) is 16.1 Å². The molecule has 0 aromatic carbocycles. The van der Waals surface area contributed by atoms with E-state index in [0.29, 0.717) is 11.3 Å². The molecular weight excluding hydrogens is 201 g/mol. The highest BCUT2D eigenvalue weighted by molar-refractivity contribution is 5.93. The minimum Gasteiger partial charge on any atom is -0.478 e. The van der Waals surface area contributed by atoms with Crippen LogP contribution in [0.2, 0.25) is 0 Å². The van der Waals surface area contributed by atoms with E-state index in [2.05, 4.69) is 10.1 Å². The minimum absolute atomic E-state index is 0.164. The third-order valence-electron chi connectivity index (χ3n) is 2.19. The van der Waals surface area contributed by atoms with E-state index in [1.54, 1.807) is 14.0 Å². The fraction of sp³-hybridized carbons (Fsp3) is 0.222. The second-order valence-corrected chi connectivity index (χ2v) is 3.20. The van der Waals surface area contributed by atoms with Crippen molar-refractivity contribution in [1.29, 1.82) is 0 Å². The zero-order valence-electron chi connectivity index (χ0n) is 8.15. The van der Waals surface area contributed by atoms with Crippen molar-refractivity contribution in [3.05, 3.63) is 23.3 Å². The Kier molecular flexibility index (Phi) is 1.92. The van der Waals surface area contributed by atoms with Crippen molar-refractivity contribution in [3.8, 4) is 0 Å². The Labute approximate surface area is 84.2 Å². The van der Waals surface area contributed by atoms with Crippen molar-refractivity contribution in [2.24, 2.45) is 7.05 Å². The van der Waals surface area contributed by atoms with Crippen LogP contribution in [0.5, 0.6) is 0 Å². The summed E-state index contributed by atoms with van der Waals surface area (Å²) in [6, 6.07) is 0. The molecule has 1 N–H and O–H groups in total. The van der Waals surface area contributed by atoms with Crippen molar-refractivity contribution < 1.29 is 14.3 Å². The van der Waals surface area contributed by atoms with E-state index in [9.17, 15) is 9.18 Å². The van der Waals surface area contributed by atoms with Gasteiger partial charge in [0.25, 0.3) is 0 Å². The number of pyridine rings is 1. The molecule has 0 unspecified atom stereocenters. The van der Waals surface area contributed by atoms with E-state index in [1.165, 1.54) is 4.68 Å². The molecule has 0 spiro atoms. The number of nitrogens with zero attached hydrogens (tertiary/aromatic N) is 3. The van der Waals surface area contributed by atoms with Gasteiger partial charge in [0.15, 0.2) is 11.5 Å². The summed E-state index contributed by atoms with van der Waals surface area (Å²) in [4.78, 5) is 14.5. The van der Waals surface area contributed by atoms with Crippen LogP contribution in [0.3, 0.4) is 0 Å². The molecule has 2 heterocycles. The van der Waals surface area contributed by atoms with Crippen molar-refractivity contribution >= 4 is 17.0 Å². The molecule has 2 aromatic heterocycles. The van der Waals surface area contributed by atoms with Crippen LogP contribution in [-0.2, 0) is 7.05 Å². The maximum atomic E-state index is 13.7. The summed E-state index contributed by atoms with van der Waals surface area (Å²) in [6.45, 7) is 1.61. The molecule has 0 atom stereocenters. The molecule has 5 nitrogen and oxygen atoms in total. The number of carboxylic acid groups (broad SMARTS) is 1. The average molecular weight is 209 g/mol. The summed E-state index contributed by atoms with van der Waals surface area (Å²) in [7, 11) is 1.63. The smallest absolute Gasteiger partial charge is 0.340 e. The number of aromatic nitrogens is 3. The predicted octanol–water partition coefficient (Wildman–Crippen LogP) is 1.11. The van der Waals surface area contributed by atoms with E-state index in [-0.39, 0.29) is 5.39 Å². The van der Waals surface area contributed by atoms with Gasteiger partial charge in [0.05, 0.1) is 11.1 Å². The zero-order valence-corrected chi connectivity index (χ0v) is 8.15. The molecule has 0 saturated heterocycles. The number of aryl methyl sites for hydroxylation is 2. The lowest BCUT2D eigenvalue weighted by Crippen LogP contribution is -2.02. The van der Waals surface area contributed by atoms with E-state index in [0.717, 1.165) is 6.20 Å². The van der Waals surface area contributed by atoms with E-state index >= 15 is 0 Å². The highest BCUT2D eigenvalue weighted by atomic mass is 19.1. The third-order valence-corrected chi connectivity index (χ3v) is 2.19. The molecule has 0 aliphatic heterocycles. The molecule has 0 bridgehead atoms. The molecule has 2 aromatic rings. The quantitative estimate of drug-likeness (QED) is 0.764. The van der Waals surface area contributed by atoms with Crippen molar-refractivity contribution in [3.63, 3.8) is 0 Å². The van der Waals surface area contributed by atoms with E-state index < -0.39 is 17.3 Å². The Morgan fingerprint density at radius 2 is 2.27 bits per heavy atom. The number of aromatic carboxylic acids is 1. The number of rotatable bonds is 1. The lowest BCUT2D eigenvalue weighted by atomic mass is 10.2. The number of hydrogen-bond donors (Lipinski definition) is 1. The van der Waals surface area contributed by atoms with Gasteiger partial charge in [-0.15, -0.1) is 0 Å². The first kappa shape index (κ1) is 9.57. The van der Waals surface area contributed by atoms with Crippen molar-refractivity contribution in [1.82, 2.24) is 14.8 Å². The van der Waals surface area contributed by atoms with Crippen LogP contribution in [0.15, 0.2) is 6.20 Å². The molecule has 0 amide bonds. The number of hydrogen-bond acceptors (Lipinski definition) is 3. The molecule has 6 heteroatoms. The van der Waals surface area contributed by atoms with Gasteiger partial charge in [-0.05, 0) is 6.92 Å². The number of carbonyl (C=O) groups is 1. The fourth-order valence-electron chi connectivity index (χ4n) is 1.52. The fourth-order valence-corrected chi connectivity index (χ4v) is 1.52. The van der Waals surface area contributed by atoms with Crippen molar-refractivity contribution in [2.75, 3.05) is 0 Å². The van der Waals surface area contributed by atoms with Gasteiger partial charge in [0.2, 0.25) is 0 Å². The Balaban J connectivity index is 2.89. The standard InChI is InChI=1S/C9H8FN3O2/c1-4-6-7(10)5(9(14)15)3-11-8(6)13(2)12-4/h3H,1-2H3,(H,14,15). The molecule has 2 rings (SSSR count). The van der Waals surface area contributed by atoms with Gasteiger partial charge in [-0.2, -0.15) is 5.10 Å². The van der Waals surface area contributed by atoms with Gasteiger partial charge in [0.1, 0.15) is 5.56 Å². The maximum Gasteiger partial charge on any atom is 0.340 e. The summed E-state index contributed by atoms with van der Waals surface area (Å²) in [5.41, 5.74) is 0.342. The number of halogens is 1. The average Bonchev–Trinajstić information content (AvgIpc) is 2.43. The van der Waals surface area contributed by atoms with Crippen molar-refractivity contribution in [2.45, 2.75) is 6.92 Å². The number of carboxylic acids is 1. The normalized spacial score (nSPS) is 10.9. The molecule has 15 heavy (non-hydrogen) atoms. The van der Waals surface area contributed by atoms with Gasteiger partial charge in [-0.1, -0.05) is 0 Å². The van der Waals surface area contributed by atoms with Crippen LogP contribution >= 0.6 is 0 Å². The Bertz CT molecular complexity index is 562. The highest BCUT2D eigenvalue weighted by Gasteiger charge is 2.18. The Morgan fingerprint density at radius 3 is 2.87 bits per heavy atom. The second kappa shape index (κ2) is 3.01. The summed E-state index contributed by atoms with van der Waals surface area (Å²) >= 11 is 0. The molecule has 0 fully saturated rings. The van der Waals surface area contributed by atoms with Crippen LogP contribution in [0, 0.1) is 12.7 Å². The summed E-state index contributed by atoms with van der Waals surface area (Å²) in [5.74, 6) is -2.11. The molecule has 0 radical (unpaired) electrons. The van der Waals surface area contributed by atoms with Crippen LogP contribution in [0.4, 0.5) is 4.39 Å². The Morgan fingerprint density at radius 1 is 1.60 bits per heavy atom. The highest BCUT2D eigenvalue weighted by Crippen LogP contribution is 2.21. The molecular formula is C9H8FN3O2. The molecule has 0 aliphatic rings. The van der Waals surface area contributed by atoms with Crippen LogP contribution < -0.4 is 0 Å². The summed E-state index contributed by atoms with van der Waals surface area (Å²) in [5, 5.41) is 12.9. The lowest BCUT2D eigenvalue weighted by Gasteiger charge is -1.98. The second-order valence-electron chi connectivity index (χ2n) is 3.20. The van der Waals surface area contributed by atoms with E-state index in [4.69, 9.17) is 5.11 Å². The maximum absolute atomic E-state index is 13.7.